The van der Waals surface area contributed by atoms with Gasteiger partial charge in [-0.25, -0.2) is 4.39 Å². The van der Waals surface area contributed by atoms with Crippen molar-refractivity contribution in [1.82, 2.24) is 15.5 Å². The first-order valence-corrected chi connectivity index (χ1v) is 9.91. The van der Waals surface area contributed by atoms with Gasteiger partial charge in [0.15, 0.2) is 0 Å². The summed E-state index contributed by atoms with van der Waals surface area (Å²) in [5, 5.41) is 10.8. The number of nitrogens with zero attached hydrogens (tertiary/aromatic N) is 2. The van der Waals surface area contributed by atoms with Gasteiger partial charge in [0, 0.05) is 10.0 Å². The van der Waals surface area contributed by atoms with Gasteiger partial charge < -0.3 is 9.73 Å². The number of carbonyl (C=O) groups excluding carboxylic acids is 1. The van der Waals surface area contributed by atoms with Crippen molar-refractivity contribution in [3.8, 4) is 11.5 Å². The molecule has 1 amide bonds. The molecule has 8 heteroatoms. The Kier molecular flexibility index (Phi) is 6.28. The number of amides is 1. The van der Waals surface area contributed by atoms with E-state index in [9.17, 15) is 9.18 Å². The zero-order valence-electron chi connectivity index (χ0n) is 14.6. The van der Waals surface area contributed by atoms with Gasteiger partial charge in [-0.05, 0) is 49.7 Å². The Hall–Kier alpha value is -2.19. The van der Waals surface area contributed by atoms with Gasteiger partial charge >= 0.3 is 0 Å². The van der Waals surface area contributed by atoms with E-state index in [4.69, 9.17) is 4.42 Å². The third kappa shape index (κ3) is 5.17. The maximum Gasteiger partial charge on any atom is 0.277 e. The summed E-state index contributed by atoms with van der Waals surface area (Å²) in [6, 6.07) is 13.3. The number of benzene rings is 2. The van der Waals surface area contributed by atoms with Crippen LogP contribution >= 0.6 is 27.7 Å². The molecule has 2 aromatic carbocycles. The molecule has 3 aromatic rings. The second-order valence-electron chi connectivity index (χ2n) is 5.93. The summed E-state index contributed by atoms with van der Waals surface area (Å²) in [5.74, 6) is -0.0797. The molecule has 3 rings (SSSR count). The Morgan fingerprint density at radius 2 is 1.93 bits per heavy atom. The number of nitrogens with one attached hydrogen (secondary N) is 1. The summed E-state index contributed by atoms with van der Waals surface area (Å²) in [4.78, 5) is 12.4. The number of thioether (sulfide) groups is 1. The average molecular weight is 450 g/mol. The van der Waals surface area contributed by atoms with Gasteiger partial charge in [-0.15, -0.1) is 10.2 Å². The van der Waals surface area contributed by atoms with Crippen molar-refractivity contribution in [2.24, 2.45) is 0 Å². The first kappa shape index (κ1) is 19.6. The molecule has 1 heterocycles. The Morgan fingerprint density at radius 3 is 2.63 bits per heavy atom. The topological polar surface area (TPSA) is 68.0 Å². The van der Waals surface area contributed by atoms with Gasteiger partial charge in [0.05, 0.1) is 11.3 Å². The summed E-state index contributed by atoms with van der Waals surface area (Å²) in [5.41, 5.74) is 1.63. The Balaban J connectivity index is 1.60. The van der Waals surface area contributed by atoms with Gasteiger partial charge in [0.1, 0.15) is 5.82 Å². The van der Waals surface area contributed by atoms with E-state index in [0.29, 0.717) is 11.1 Å². The third-order valence-corrected chi connectivity index (χ3v) is 5.28. The maximum absolute atomic E-state index is 13.0. The molecule has 2 atom stereocenters. The zero-order chi connectivity index (χ0) is 19.4. The molecule has 0 bridgehead atoms. The molecule has 27 heavy (non-hydrogen) atoms. The third-order valence-electron chi connectivity index (χ3n) is 3.85. The normalized spacial score (nSPS) is 13.2. The molecule has 0 radical (unpaired) electrons. The van der Waals surface area contributed by atoms with Gasteiger partial charge in [0.25, 0.3) is 5.22 Å². The molecule has 5 nitrogen and oxygen atoms in total. The van der Waals surface area contributed by atoms with Crippen LogP contribution in [-0.2, 0) is 4.79 Å². The number of hydrogen-bond acceptors (Lipinski definition) is 5. The molecule has 1 N–H and O–H groups in total. The first-order chi connectivity index (χ1) is 12.9. The summed E-state index contributed by atoms with van der Waals surface area (Å²) >= 11 is 4.59. The highest BCUT2D eigenvalue weighted by Gasteiger charge is 2.20. The van der Waals surface area contributed by atoms with E-state index >= 15 is 0 Å². The number of hydrogen-bond donors (Lipinski definition) is 1. The first-order valence-electron chi connectivity index (χ1n) is 8.24. The van der Waals surface area contributed by atoms with Crippen LogP contribution in [0.25, 0.3) is 11.5 Å². The van der Waals surface area contributed by atoms with E-state index in [1.165, 1.54) is 23.9 Å². The molecule has 0 spiro atoms. The lowest BCUT2D eigenvalue weighted by Crippen LogP contribution is -2.33. The quantitative estimate of drug-likeness (QED) is 0.536. The summed E-state index contributed by atoms with van der Waals surface area (Å²) in [7, 11) is 0. The van der Waals surface area contributed by atoms with Crippen LogP contribution in [0.15, 0.2) is 62.6 Å². The Morgan fingerprint density at radius 1 is 1.19 bits per heavy atom. The molecular weight excluding hydrogens is 433 g/mol. The average Bonchev–Trinajstić information content (AvgIpc) is 3.10. The highest BCUT2D eigenvalue weighted by molar-refractivity contribution is 9.10. The van der Waals surface area contributed by atoms with E-state index in [1.54, 1.807) is 19.1 Å². The van der Waals surface area contributed by atoms with Crippen LogP contribution in [0.3, 0.4) is 0 Å². The summed E-state index contributed by atoms with van der Waals surface area (Å²) in [6.45, 7) is 3.61. The fourth-order valence-electron chi connectivity index (χ4n) is 2.37. The molecule has 0 aliphatic rings. The summed E-state index contributed by atoms with van der Waals surface area (Å²) < 4.78 is 19.6. The molecule has 0 fully saturated rings. The fraction of sp³-hybridized carbons (Fsp3) is 0.211. The SMILES string of the molecule is C[C@H](Sc1nnc(-c2cccc(Br)c2)o1)C(=O)N[C@@H](C)c1ccc(F)cc1. The van der Waals surface area contributed by atoms with Crippen molar-refractivity contribution in [2.75, 3.05) is 0 Å². The highest BCUT2D eigenvalue weighted by atomic mass is 79.9. The van der Waals surface area contributed by atoms with Crippen molar-refractivity contribution in [3.05, 3.63) is 64.4 Å². The molecular formula is C19H17BrFN3O2S. The van der Waals surface area contributed by atoms with Crippen molar-refractivity contribution in [1.29, 1.82) is 0 Å². The van der Waals surface area contributed by atoms with Crippen LogP contribution in [0, 0.1) is 5.82 Å². The monoisotopic (exact) mass is 449 g/mol. The molecule has 0 aliphatic heterocycles. The molecule has 140 valence electrons. The largest absolute Gasteiger partial charge is 0.411 e. The fourth-order valence-corrected chi connectivity index (χ4v) is 3.46. The summed E-state index contributed by atoms with van der Waals surface area (Å²) in [6.07, 6.45) is 0. The van der Waals surface area contributed by atoms with Crippen LogP contribution in [-0.4, -0.2) is 21.4 Å². The molecule has 0 unspecified atom stereocenters. The van der Waals surface area contributed by atoms with Crippen molar-refractivity contribution in [2.45, 2.75) is 30.4 Å². The van der Waals surface area contributed by atoms with Crippen molar-refractivity contribution in [3.63, 3.8) is 0 Å². The maximum atomic E-state index is 13.0. The van der Waals surface area contributed by atoms with Gasteiger partial charge in [0.2, 0.25) is 11.8 Å². The predicted octanol–water partition coefficient (Wildman–Crippen LogP) is 5.00. The van der Waals surface area contributed by atoms with Gasteiger partial charge in [-0.3, -0.25) is 4.79 Å². The van der Waals surface area contributed by atoms with E-state index < -0.39 is 5.25 Å². The lowest BCUT2D eigenvalue weighted by molar-refractivity contribution is -0.120. The Bertz CT molecular complexity index is 933. The van der Waals surface area contributed by atoms with Crippen LogP contribution in [0.2, 0.25) is 0 Å². The van der Waals surface area contributed by atoms with E-state index in [-0.39, 0.29) is 17.8 Å². The molecule has 0 saturated heterocycles. The van der Waals surface area contributed by atoms with Crippen LogP contribution < -0.4 is 5.32 Å². The minimum absolute atomic E-state index is 0.168. The van der Waals surface area contributed by atoms with Crippen molar-refractivity contribution >= 4 is 33.6 Å². The van der Waals surface area contributed by atoms with Crippen molar-refractivity contribution < 1.29 is 13.6 Å². The standard InChI is InChI=1S/C19H17BrFN3O2S/c1-11(13-6-8-16(21)9-7-13)22-17(25)12(2)27-19-24-23-18(26-19)14-4-3-5-15(20)10-14/h3-12H,1-2H3,(H,22,25)/t11-,12-/m0/s1. The zero-order valence-corrected chi connectivity index (χ0v) is 17.1. The number of rotatable bonds is 6. The minimum atomic E-state index is -0.427. The van der Waals surface area contributed by atoms with E-state index in [1.807, 2.05) is 31.2 Å². The van der Waals surface area contributed by atoms with Gasteiger partial charge in [-0.1, -0.05) is 45.9 Å². The molecule has 0 aliphatic carbocycles. The predicted molar refractivity (Wildman–Crippen MR) is 106 cm³/mol. The van der Waals surface area contributed by atoms with Crippen LogP contribution in [0.5, 0.6) is 0 Å². The number of halogens is 2. The second-order valence-corrected chi connectivity index (χ2v) is 8.13. The minimum Gasteiger partial charge on any atom is -0.411 e. The van der Waals surface area contributed by atoms with Crippen LogP contribution in [0.1, 0.15) is 25.5 Å². The van der Waals surface area contributed by atoms with E-state index in [2.05, 4.69) is 31.4 Å². The van der Waals surface area contributed by atoms with Gasteiger partial charge in [-0.2, -0.15) is 0 Å². The Labute approximate surface area is 168 Å². The lowest BCUT2D eigenvalue weighted by atomic mass is 10.1. The second kappa shape index (κ2) is 8.67. The van der Waals surface area contributed by atoms with E-state index in [0.717, 1.165) is 15.6 Å². The molecule has 1 aromatic heterocycles. The number of carbonyl (C=O) groups is 1. The number of aromatic nitrogens is 2. The van der Waals surface area contributed by atoms with Crippen LogP contribution in [0.4, 0.5) is 4.39 Å². The lowest BCUT2D eigenvalue weighted by Gasteiger charge is -2.16. The molecule has 0 saturated carbocycles. The highest BCUT2D eigenvalue weighted by Crippen LogP contribution is 2.27. The smallest absolute Gasteiger partial charge is 0.277 e.